The Morgan fingerprint density at radius 3 is 3.12 bits per heavy atom. The second kappa shape index (κ2) is 9.04. The van der Waals surface area contributed by atoms with Crippen LogP contribution in [0.3, 0.4) is 0 Å². The van der Waals surface area contributed by atoms with Gasteiger partial charge >= 0.3 is 6.03 Å². The van der Waals surface area contributed by atoms with E-state index in [1.807, 2.05) is 17.0 Å². The summed E-state index contributed by atoms with van der Waals surface area (Å²) in [5, 5.41) is 3.05. The normalized spacial score (nSPS) is 24.0. The van der Waals surface area contributed by atoms with E-state index in [0.29, 0.717) is 24.4 Å². The summed E-state index contributed by atoms with van der Waals surface area (Å²) in [5.41, 5.74) is 1.11. The van der Waals surface area contributed by atoms with Gasteiger partial charge in [-0.2, -0.15) is 0 Å². The minimum atomic E-state index is 0.0431. The van der Waals surface area contributed by atoms with E-state index in [1.165, 1.54) is 19.3 Å². The largest absolute Gasteiger partial charge is 0.481 e. The summed E-state index contributed by atoms with van der Waals surface area (Å²) in [6.45, 7) is 3.16. The highest BCUT2D eigenvalue weighted by Crippen LogP contribution is 2.27. The number of aromatic nitrogens is 1. The van der Waals surface area contributed by atoms with Crippen molar-refractivity contribution in [2.24, 2.45) is 5.92 Å². The summed E-state index contributed by atoms with van der Waals surface area (Å²) in [5.74, 6) is 1.10. The molecule has 1 aromatic rings. The number of urea groups is 1. The Morgan fingerprint density at radius 2 is 2.32 bits per heavy atom. The molecule has 0 radical (unpaired) electrons. The van der Waals surface area contributed by atoms with Crippen molar-refractivity contribution >= 4 is 6.03 Å². The van der Waals surface area contributed by atoms with Crippen LogP contribution in [0.1, 0.15) is 37.7 Å². The number of methoxy groups -OCH3 is 1. The maximum atomic E-state index is 12.5. The van der Waals surface area contributed by atoms with E-state index < -0.39 is 0 Å². The molecule has 2 fully saturated rings. The van der Waals surface area contributed by atoms with E-state index in [4.69, 9.17) is 9.47 Å². The lowest BCUT2D eigenvalue weighted by Crippen LogP contribution is -2.48. The standard InChI is InChI=1S/C19H29N3O3/c1-24-18-13-15(7-9-20-18)8-10-21-19(23)22-11-4-5-16(14-22)17-6-2-3-12-25-17/h7,9,13,16-17H,2-6,8,10-12,14H2,1H3,(H,21,23). The summed E-state index contributed by atoms with van der Waals surface area (Å²) in [7, 11) is 1.61. The Kier molecular flexibility index (Phi) is 6.50. The van der Waals surface area contributed by atoms with Gasteiger partial charge in [-0.15, -0.1) is 0 Å². The van der Waals surface area contributed by atoms with Gasteiger partial charge in [-0.3, -0.25) is 0 Å². The molecular formula is C19H29N3O3. The fourth-order valence-corrected chi connectivity index (χ4v) is 3.78. The van der Waals surface area contributed by atoms with Crippen LogP contribution >= 0.6 is 0 Å². The van der Waals surface area contributed by atoms with Crippen LogP contribution in [0.4, 0.5) is 4.79 Å². The lowest BCUT2D eigenvalue weighted by atomic mass is 9.88. The van der Waals surface area contributed by atoms with Crippen LogP contribution in [0, 0.1) is 5.92 Å². The van der Waals surface area contributed by atoms with E-state index >= 15 is 0 Å². The number of likely N-dealkylation sites (tertiary alicyclic amines) is 1. The molecule has 1 aromatic heterocycles. The maximum Gasteiger partial charge on any atom is 0.317 e. The first-order chi connectivity index (χ1) is 12.3. The van der Waals surface area contributed by atoms with Gasteiger partial charge < -0.3 is 19.7 Å². The van der Waals surface area contributed by atoms with E-state index in [1.54, 1.807) is 13.3 Å². The van der Waals surface area contributed by atoms with Crippen molar-refractivity contribution in [2.75, 3.05) is 33.4 Å². The highest BCUT2D eigenvalue weighted by Gasteiger charge is 2.30. The number of amides is 2. The highest BCUT2D eigenvalue weighted by molar-refractivity contribution is 5.74. The predicted octanol–water partition coefficient (Wildman–Crippen LogP) is 2.62. The molecule has 138 valence electrons. The number of ether oxygens (including phenoxy) is 2. The van der Waals surface area contributed by atoms with Gasteiger partial charge in [0.15, 0.2) is 0 Å². The average Bonchev–Trinajstić information content (AvgIpc) is 2.69. The molecule has 2 saturated heterocycles. The molecule has 2 aliphatic heterocycles. The summed E-state index contributed by atoms with van der Waals surface area (Å²) in [6, 6.07) is 3.90. The molecule has 0 aliphatic carbocycles. The molecule has 0 aromatic carbocycles. The molecule has 0 spiro atoms. The quantitative estimate of drug-likeness (QED) is 0.889. The zero-order valence-electron chi connectivity index (χ0n) is 15.1. The van der Waals surface area contributed by atoms with Gasteiger partial charge in [0.2, 0.25) is 5.88 Å². The molecule has 3 rings (SSSR count). The van der Waals surface area contributed by atoms with Crippen LogP contribution in [0.25, 0.3) is 0 Å². The number of piperidine rings is 1. The lowest BCUT2D eigenvalue weighted by Gasteiger charge is -2.38. The number of hydrogen-bond acceptors (Lipinski definition) is 4. The van der Waals surface area contributed by atoms with Gasteiger partial charge in [-0.25, -0.2) is 9.78 Å². The molecule has 0 saturated carbocycles. The van der Waals surface area contributed by atoms with Crippen molar-refractivity contribution in [3.05, 3.63) is 23.9 Å². The van der Waals surface area contributed by atoms with Crippen molar-refractivity contribution in [3.63, 3.8) is 0 Å². The third-order valence-corrected chi connectivity index (χ3v) is 5.18. The zero-order valence-corrected chi connectivity index (χ0v) is 15.1. The smallest absolute Gasteiger partial charge is 0.317 e. The minimum Gasteiger partial charge on any atom is -0.481 e. The van der Waals surface area contributed by atoms with Crippen molar-refractivity contribution < 1.29 is 14.3 Å². The summed E-state index contributed by atoms with van der Waals surface area (Å²) < 4.78 is 11.1. The molecule has 2 atom stereocenters. The predicted molar refractivity (Wildman–Crippen MR) is 95.8 cm³/mol. The van der Waals surface area contributed by atoms with Crippen molar-refractivity contribution in [1.82, 2.24) is 15.2 Å². The van der Waals surface area contributed by atoms with Crippen molar-refractivity contribution in [2.45, 2.75) is 44.6 Å². The van der Waals surface area contributed by atoms with Crippen molar-refractivity contribution in [1.29, 1.82) is 0 Å². The van der Waals surface area contributed by atoms with Crippen LogP contribution in [-0.4, -0.2) is 55.4 Å². The minimum absolute atomic E-state index is 0.0431. The van der Waals surface area contributed by atoms with Crippen LogP contribution < -0.4 is 10.1 Å². The Bertz CT molecular complexity index is 561. The fraction of sp³-hybridized carbons (Fsp3) is 0.684. The van der Waals surface area contributed by atoms with Gasteiger partial charge in [0, 0.05) is 44.4 Å². The van der Waals surface area contributed by atoms with Gasteiger partial charge in [0.25, 0.3) is 0 Å². The second-order valence-corrected chi connectivity index (χ2v) is 6.94. The average molecular weight is 347 g/mol. The number of hydrogen-bond donors (Lipinski definition) is 1. The van der Waals surface area contributed by atoms with Gasteiger partial charge in [0.1, 0.15) is 0 Å². The Balaban J connectivity index is 1.44. The molecule has 0 bridgehead atoms. The molecule has 3 heterocycles. The molecule has 2 aliphatic rings. The topological polar surface area (TPSA) is 63.7 Å². The van der Waals surface area contributed by atoms with Gasteiger partial charge in [0.05, 0.1) is 13.2 Å². The molecule has 25 heavy (non-hydrogen) atoms. The number of rotatable bonds is 5. The third kappa shape index (κ3) is 5.08. The molecule has 1 N–H and O–H groups in total. The molecule has 2 unspecified atom stereocenters. The van der Waals surface area contributed by atoms with Crippen LogP contribution in [-0.2, 0) is 11.2 Å². The Morgan fingerprint density at radius 1 is 1.40 bits per heavy atom. The summed E-state index contributed by atoms with van der Waals surface area (Å²) in [4.78, 5) is 18.5. The number of nitrogens with one attached hydrogen (secondary N) is 1. The first-order valence-electron chi connectivity index (χ1n) is 9.39. The van der Waals surface area contributed by atoms with Crippen LogP contribution in [0.15, 0.2) is 18.3 Å². The van der Waals surface area contributed by atoms with Gasteiger partial charge in [-0.05, 0) is 50.2 Å². The fourth-order valence-electron chi connectivity index (χ4n) is 3.78. The molecule has 6 heteroatoms. The van der Waals surface area contributed by atoms with Crippen LogP contribution in [0.2, 0.25) is 0 Å². The summed E-state index contributed by atoms with van der Waals surface area (Å²) >= 11 is 0. The maximum absolute atomic E-state index is 12.5. The first kappa shape index (κ1) is 18.0. The molecule has 6 nitrogen and oxygen atoms in total. The number of carbonyl (C=O) groups excluding carboxylic acids is 1. The van der Waals surface area contributed by atoms with E-state index in [9.17, 15) is 4.79 Å². The Labute approximate surface area is 149 Å². The third-order valence-electron chi connectivity index (χ3n) is 5.18. The highest BCUT2D eigenvalue weighted by atomic mass is 16.5. The van der Waals surface area contributed by atoms with Gasteiger partial charge in [-0.1, -0.05) is 0 Å². The van der Waals surface area contributed by atoms with Crippen molar-refractivity contribution in [3.8, 4) is 5.88 Å². The van der Waals surface area contributed by atoms with E-state index in [-0.39, 0.29) is 6.03 Å². The van der Waals surface area contributed by atoms with E-state index in [2.05, 4.69) is 10.3 Å². The molecular weight excluding hydrogens is 318 g/mol. The number of nitrogens with zero attached hydrogens (tertiary/aromatic N) is 2. The Hall–Kier alpha value is -1.82. The molecule has 2 amide bonds. The lowest BCUT2D eigenvalue weighted by molar-refractivity contribution is -0.0365. The zero-order chi connectivity index (χ0) is 17.5. The monoisotopic (exact) mass is 347 g/mol. The SMILES string of the molecule is COc1cc(CCNC(=O)N2CCCC(C3CCCCO3)C2)ccn1. The number of pyridine rings is 1. The van der Waals surface area contributed by atoms with Crippen LogP contribution in [0.5, 0.6) is 5.88 Å². The number of carbonyl (C=O) groups is 1. The first-order valence-corrected chi connectivity index (χ1v) is 9.39. The summed E-state index contributed by atoms with van der Waals surface area (Å²) in [6.07, 6.45) is 8.65. The van der Waals surface area contributed by atoms with E-state index in [0.717, 1.165) is 44.5 Å². The second-order valence-electron chi connectivity index (χ2n) is 6.94.